The van der Waals surface area contributed by atoms with Gasteiger partial charge in [-0.15, -0.1) is 5.10 Å². The number of carbonyl (C=O) groups excluding carboxylic acids is 1. The van der Waals surface area contributed by atoms with Gasteiger partial charge in [0, 0.05) is 6.54 Å². The van der Waals surface area contributed by atoms with Crippen LogP contribution in [0, 0.1) is 6.92 Å². The molecule has 0 radical (unpaired) electrons. The van der Waals surface area contributed by atoms with Crippen molar-refractivity contribution in [2.24, 2.45) is 0 Å². The smallest absolute Gasteiger partial charge is 0.241 e. The molecule has 0 saturated carbocycles. The van der Waals surface area contributed by atoms with Crippen LogP contribution in [0.2, 0.25) is 0 Å². The van der Waals surface area contributed by atoms with Crippen molar-refractivity contribution >= 4 is 5.91 Å². The summed E-state index contributed by atoms with van der Waals surface area (Å²) >= 11 is 0. The zero-order chi connectivity index (χ0) is 16.8. The summed E-state index contributed by atoms with van der Waals surface area (Å²) in [5.41, 5.74) is 1.98. The van der Waals surface area contributed by atoms with Gasteiger partial charge in [0.1, 0.15) is 12.3 Å². The molecule has 0 bridgehead atoms. The normalized spacial score (nSPS) is 12.2. The highest BCUT2D eigenvalue weighted by molar-refractivity contribution is 5.75. The standard InChI is InChI=1S/C16H23N5O2/c1-12-9-18-19-21(12)11-16(22)17-10-15(20(2)3)13-5-7-14(23-4)8-6-13/h5-9,15H,10-11H2,1-4H3,(H,17,22). The molecule has 124 valence electrons. The molecule has 1 amide bonds. The Morgan fingerprint density at radius 3 is 2.57 bits per heavy atom. The van der Waals surface area contributed by atoms with E-state index in [0.29, 0.717) is 6.54 Å². The number of aromatic nitrogens is 3. The molecule has 0 saturated heterocycles. The quantitative estimate of drug-likeness (QED) is 0.825. The van der Waals surface area contributed by atoms with Crippen molar-refractivity contribution in [1.29, 1.82) is 0 Å². The second-order valence-electron chi connectivity index (χ2n) is 5.59. The van der Waals surface area contributed by atoms with Crippen molar-refractivity contribution in [3.05, 3.63) is 41.7 Å². The predicted molar refractivity (Wildman–Crippen MR) is 87.2 cm³/mol. The average Bonchev–Trinajstić information content (AvgIpc) is 2.93. The first-order chi connectivity index (χ1) is 11.0. The van der Waals surface area contributed by atoms with Gasteiger partial charge in [0.15, 0.2) is 0 Å². The van der Waals surface area contributed by atoms with E-state index in [4.69, 9.17) is 4.74 Å². The second-order valence-corrected chi connectivity index (χ2v) is 5.59. The molecule has 1 atom stereocenters. The highest BCUT2D eigenvalue weighted by Gasteiger charge is 2.16. The number of amides is 1. The molecule has 2 aromatic rings. The highest BCUT2D eigenvalue weighted by atomic mass is 16.5. The maximum Gasteiger partial charge on any atom is 0.241 e. The summed E-state index contributed by atoms with van der Waals surface area (Å²) in [5, 5.41) is 10.6. The molecule has 1 unspecified atom stereocenters. The fraction of sp³-hybridized carbons (Fsp3) is 0.438. The molecule has 23 heavy (non-hydrogen) atoms. The van der Waals surface area contributed by atoms with Gasteiger partial charge in [-0.05, 0) is 38.7 Å². The number of methoxy groups -OCH3 is 1. The monoisotopic (exact) mass is 317 g/mol. The Bertz CT molecular complexity index is 636. The number of hydrogen-bond acceptors (Lipinski definition) is 5. The van der Waals surface area contributed by atoms with E-state index in [0.717, 1.165) is 17.0 Å². The van der Waals surface area contributed by atoms with E-state index in [-0.39, 0.29) is 18.5 Å². The predicted octanol–water partition coefficient (Wildman–Crippen LogP) is 1.01. The molecule has 0 fully saturated rings. The molecule has 2 rings (SSSR count). The molecular weight excluding hydrogens is 294 g/mol. The minimum atomic E-state index is -0.0843. The van der Waals surface area contributed by atoms with E-state index < -0.39 is 0 Å². The van der Waals surface area contributed by atoms with Crippen molar-refractivity contribution in [3.8, 4) is 5.75 Å². The van der Waals surface area contributed by atoms with Gasteiger partial charge in [-0.2, -0.15) is 0 Å². The third-order valence-corrected chi connectivity index (χ3v) is 3.72. The molecule has 0 spiro atoms. The number of nitrogens with one attached hydrogen (secondary N) is 1. The van der Waals surface area contributed by atoms with Crippen LogP contribution in [0.4, 0.5) is 0 Å². The molecule has 1 aromatic heterocycles. The number of nitrogens with zero attached hydrogens (tertiary/aromatic N) is 4. The van der Waals surface area contributed by atoms with Crippen molar-refractivity contribution in [3.63, 3.8) is 0 Å². The lowest BCUT2D eigenvalue weighted by molar-refractivity contribution is -0.122. The van der Waals surface area contributed by atoms with Gasteiger partial charge in [0.2, 0.25) is 5.91 Å². The zero-order valence-corrected chi connectivity index (χ0v) is 14.0. The molecule has 1 aromatic carbocycles. The number of ether oxygens (including phenoxy) is 1. The Morgan fingerprint density at radius 1 is 1.35 bits per heavy atom. The van der Waals surface area contributed by atoms with Gasteiger partial charge in [-0.1, -0.05) is 17.3 Å². The molecule has 7 nitrogen and oxygen atoms in total. The van der Waals surface area contributed by atoms with Gasteiger partial charge in [-0.25, -0.2) is 4.68 Å². The topological polar surface area (TPSA) is 72.3 Å². The summed E-state index contributed by atoms with van der Waals surface area (Å²) < 4.78 is 6.76. The first-order valence-electron chi connectivity index (χ1n) is 7.43. The second kappa shape index (κ2) is 7.73. The molecule has 7 heteroatoms. The van der Waals surface area contributed by atoms with Crippen LogP contribution in [0.1, 0.15) is 17.3 Å². The minimum absolute atomic E-state index is 0.0843. The summed E-state index contributed by atoms with van der Waals surface area (Å²) in [6.07, 6.45) is 1.63. The van der Waals surface area contributed by atoms with E-state index in [1.807, 2.05) is 45.3 Å². The van der Waals surface area contributed by atoms with E-state index >= 15 is 0 Å². The van der Waals surface area contributed by atoms with Gasteiger partial charge in [-0.3, -0.25) is 4.79 Å². The van der Waals surface area contributed by atoms with Crippen LogP contribution in [-0.2, 0) is 11.3 Å². The third kappa shape index (κ3) is 4.53. The van der Waals surface area contributed by atoms with E-state index in [9.17, 15) is 4.79 Å². The molecule has 0 aliphatic carbocycles. The Kier molecular flexibility index (Phi) is 5.70. The number of aryl methyl sites for hydroxylation is 1. The maximum atomic E-state index is 12.1. The van der Waals surface area contributed by atoms with Gasteiger partial charge in [0.05, 0.1) is 25.0 Å². The Labute approximate surface area is 136 Å². The SMILES string of the molecule is COc1ccc(C(CNC(=O)Cn2nncc2C)N(C)C)cc1. The maximum absolute atomic E-state index is 12.1. The van der Waals surface area contributed by atoms with Gasteiger partial charge >= 0.3 is 0 Å². The number of likely N-dealkylation sites (N-methyl/N-ethyl adjacent to an activating group) is 1. The fourth-order valence-electron chi connectivity index (χ4n) is 2.29. The first kappa shape index (κ1) is 17.0. The van der Waals surface area contributed by atoms with Gasteiger partial charge in [0.25, 0.3) is 0 Å². The van der Waals surface area contributed by atoms with Crippen LogP contribution in [0.5, 0.6) is 5.75 Å². The van der Waals surface area contributed by atoms with Crippen LogP contribution in [0.25, 0.3) is 0 Å². The lowest BCUT2D eigenvalue weighted by Gasteiger charge is -2.25. The van der Waals surface area contributed by atoms with Crippen LogP contribution >= 0.6 is 0 Å². The zero-order valence-electron chi connectivity index (χ0n) is 14.0. The average molecular weight is 317 g/mol. The van der Waals surface area contributed by atoms with Crippen LogP contribution in [0.3, 0.4) is 0 Å². The van der Waals surface area contributed by atoms with E-state index in [1.54, 1.807) is 18.0 Å². The summed E-state index contributed by atoms with van der Waals surface area (Å²) in [6.45, 7) is 2.56. The van der Waals surface area contributed by atoms with Crippen molar-refractivity contribution < 1.29 is 9.53 Å². The molecule has 1 heterocycles. The van der Waals surface area contributed by atoms with Crippen molar-refractivity contribution in [2.75, 3.05) is 27.7 Å². The van der Waals surface area contributed by atoms with Gasteiger partial charge < -0.3 is 15.0 Å². The summed E-state index contributed by atoms with van der Waals surface area (Å²) in [5.74, 6) is 0.732. The number of rotatable bonds is 7. The summed E-state index contributed by atoms with van der Waals surface area (Å²) in [4.78, 5) is 14.2. The number of hydrogen-bond donors (Lipinski definition) is 1. The fourth-order valence-corrected chi connectivity index (χ4v) is 2.29. The van der Waals surface area contributed by atoms with Crippen LogP contribution < -0.4 is 10.1 Å². The summed E-state index contributed by atoms with van der Waals surface area (Å²) in [7, 11) is 5.62. The largest absolute Gasteiger partial charge is 0.497 e. The molecule has 0 aliphatic rings. The lowest BCUT2D eigenvalue weighted by Crippen LogP contribution is -2.36. The molecular formula is C16H23N5O2. The first-order valence-corrected chi connectivity index (χ1v) is 7.43. The minimum Gasteiger partial charge on any atom is -0.497 e. The van der Waals surface area contributed by atoms with Crippen molar-refractivity contribution in [2.45, 2.75) is 19.5 Å². The number of carbonyl (C=O) groups is 1. The molecule has 0 aliphatic heterocycles. The Hall–Kier alpha value is -2.41. The lowest BCUT2D eigenvalue weighted by atomic mass is 10.1. The Balaban J connectivity index is 1.96. The molecule has 1 N–H and O–H groups in total. The highest BCUT2D eigenvalue weighted by Crippen LogP contribution is 2.20. The van der Waals surface area contributed by atoms with Crippen molar-refractivity contribution in [1.82, 2.24) is 25.2 Å². The van der Waals surface area contributed by atoms with Crippen LogP contribution in [0.15, 0.2) is 30.5 Å². The van der Waals surface area contributed by atoms with E-state index in [2.05, 4.69) is 20.5 Å². The Morgan fingerprint density at radius 2 is 2.04 bits per heavy atom. The third-order valence-electron chi connectivity index (χ3n) is 3.72. The van der Waals surface area contributed by atoms with Crippen LogP contribution in [-0.4, -0.2) is 53.6 Å². The van der Waals surface area contributed by atoms with E-state index in [1.165, 1.54) is 0 Å². The summed E-state index contributed by atoms with van der Waals surface area (Å²) in [6, 6.07) is 7.95. The number of benzene rings is 1.